The van der Waals surface area contributed by atoms with Gasteiger partial charge >= 0.3 is 11.7 Å². The molecule has 0 aliphatic carbocycles. The molecular weight excluding hydrogens is 436 g/mol. The predicted molar refractivity (Wildman–Crippen MR) is 125 cm³/mol. The molecule has 0 spiro atoms. The van der Waals surface area contributed by atoms with Crippen LogP contribution >= 0.6 is 0 Å². The van der Waals surface area contributed by atoms with Crippen LogP contribution in [0.3, 0.4) is 0 Å². The van der Waals surface area contributed by atoms with Crippen molar-refractivity contribution in [2.75, 3.05) is 0 Å². The molecule has 0 unspecified atom stereocenters. The van der Waals surface area contributed by atoms with Crippen LogP contribution in [0, 0.1) is 6.92 Å². The summed E-state index contributed by atoms with van der Waals surface area (Å²) in [7, 11) is 0. The minimum Gasteiger partial charge on any atom is -0.456 e. The number of H-pyrrole nitrogens is 1. The summed E-state index contributed by atoms with van der Waals surface area (Å²) in [6.07, 6.45) is 1.68. The molecule has 34 heavy (non-hydrogen) atoms. The van der Waals surface area contributed by atoms with E-state index in [2.05, 4.69) is 9.97 Å². The third kappa shape index (κ3) is 3.79. The Kier molecular flexibility index (Phi) is 5.14. The van der Waals surface area contributed by atoms with Gasteiger partial charge in [0.1, 0.15) is 12.3 Å². The van der Waals surface area contributed by atoms with Gasteiger partial charge in [-0.1, -0.05) is 24.3 Å². The van der Waals surface area contributed by atoms with Crippen LogP contribution in [-0.2, 0) is 11.3 Å². The van der Waals surface area contributed by atoms with E-state index < -0.39 is 17.2 Å². The van der Waals surface area contributed by atoms with E-state index in [1.54, 1.807) is 42.6 Å². The zero-order chi connectivity index (χ0) is 23.8. The molecule has 2 aromatic carbocycles. The summed E-state index contributed by atoms with van der Waals surface area (Å²) < 4.78 is 7.77. The summed E-state index contributed by atoms with van der Waals surface area (Å²) in [5.41, 5.74) is 1.07. The second kappa shape index (κ2) is 8.28. The van der Waals surface area contributed by atoms with Gasteiger partial charge in [0.15, 0.2) is 0 Å². The average molecular weight is 454 g/mol. The monoisotopic (exact) mass is 454 g/mol. The van der Waals surface area contributed by atoms with Crippen LogP contribution in [-0.4, -0.2) is 24.9 Å². The minimum atomic E-state index is -0.680. The number of benzene rings is 2. The lowest BCUT2D eigenvalue weighted by Gasteiger charge is -2.09. The molecule has 0 aliphatic heterocycles. The van der Waals surface area contributed by atoms with Crippen molar-refractivity contribution in [3.63, 3.8) is 0 Å². The first-order valence-corrected chi connectivity index (χ1v) is 10.4. The number of carbonyl (C=O) groups is 1. The maximum Gasteiger partial charge on any atom is 0.338 e. The fourth-order valence-corrected chi connectivity index (χ4v) is 3.71. The number of aromatic amines is 1. The minimum absolute atomic E-state index is 0.146. The maximum atomic E-state index is 12.9. The number of nitrogens with one attached hydrogen (secondary N) is 1. The van der Waals surface area contributed by atoms with E-state index in [9.17, 15) is 19.2 Å². The van der Waals surface area contributed by atoms with Crippen LogP contribution in [0.2, 0.25) is 0 Å². The number of ether oxygens (including phenoxy) is 1. The molecule has 5 rings (SSSR count). The smallest absolute Gasteiger partial charge is 0.338 e. The molecule has 168 valence electrons. The number of pyridine rings is 1. The number of hydrogen-bond acceptors (Lipinski definition) is 6. The standard InChI is InChI=1S/C25H18N4O5/c1-15-7-10-21-26-17(12-22(30)28(21)13-15)14-34-24(32)16-8-9-19-20(11-16)27-25(33)29(23(19)31)18-5-3-2-4-6-18/h2-13H,14H2,1H3,(H,27,33). The molecule has 0 saturated carbocycles. The van der Waals surface area contributed by atoms with E-state index in [1.807, 2.05) is 13.0 Å². The van der Waals surface area contributed by atoms with Crippen molar-refractivity contribution in [2.24, 2.45) is 0 Å². The Balaban J connectivity index is 1.42. The van der Waals surface area contributed by atoms with E-state index in [0.29, 0.717) is 17.0 Å². The van der Waals surface area contributed by atoms with Crippen LogP contribution in [0.1, 0.15) is 21.6 Å². The highest BCUT2D eigenvalue weighted by Crippen LogP contribution is 2.13. The lowest BCUT2D eigenvalue weighted by Crippen LogP contribution is -2.33. The molecule has 3 aromatic heterocycles. The molecule has 3 heterocycles. The van der Waals surface area contributed by atoms with Gasteiger partial charge in [0.2, 0.25) is 0 Å². The summed E-state index contributed by atoms with van der Waals surface area (Å²) in [5, 5.41) is 0.250. The van der Waals surface area contributed by atoms with Crippen molar-refractivity contribution in [2.45, 2.75) is 13.5 Å². The molecule has 0 saturated heterocycles. The maximum absolute atomic E-state index is 12.9. The summed E-state index contributed by atoms with van der Waals surface area (Å²) >= 11 is 0. The normalized spacial score (nSPS) is 11.1. The molecule has 9 nitrogen and oxygen atoms in total. The van der Waals surface area contributed by atoms with Gasteiger partial charge in [0, 0.05) is 12.3 Å². The lowest BCUT2D eigenvalue weighted by atomic mass is 10.1. The van der Waals surface area contributed by atoms with Crippen molar-refractivity contribution < 1.29 is 9.53 Å². The van der Waals surface area contributed by atoms with E-state index in [4.69, 9.17) is 4.74 Å². The highest BCUT2D eigenvalue weighted by molar-refractivity contribution is 5.94. The van der Waals surface area contributed by atoms with Crippen LogP contribution in [0.25, 0.3) is 22.2 Å². The first-order chi connectivity index (χ1) is 16.4. The Morgan fingerprint density at radius 2 is 1.79 bits per heavy atom. The molecule has 0 bridgehead atoms. The number of aromatic nitrogens is 4. The van der Waals surface area contributed by atoms with E-state index in [0.717, 1.165) is 10.1 Å². The summed E-state index contributed by atoms with van der Waals surface area (Å²) in [6, 6.07) is 17.7. The average Bonchev–Trinajstić information content (AvgIpc) is 2.83. The quantitative estimate of drug-likeness (QED) is 0.417. The third-order valence-electron chi connectivity index (χ3n) is 5.36. The van der Waals surface area contributed by atoms with Gasteiger partial charge in [0.25, 0.3) is 11.1 Å². The van der Waals surface area contributed by atoms with Gasteiger partial charge in [-0.05, 0) is 48.9 Å². The summed E-state index contributed by atoms with van der Waals surface area (Å²) in [6.45, 7) is 1.66. The van der Waals surface area contributed by atoms with E-state index in [1.165, 1.54) is 28.7 Å². The Morgan fingerprint density at radius 3 is 2.59 bits per heavy atom. The van der Waals surface area contributed by atoms with Gasteiger partial charge < -0.3 is 9.72 Å². The highest BCUT2D eigenvalue weighted by atomic mass is 16.5. The second-order valence-electron chi connectivity index (χ2n) is 7.76. The Labute approximate surface area is 191 Å². The Morgan fingerprint density at radius 1 is 1.00 bits per heavy atom. The van der Waals surface area contributed by atoms with Crippen LogP contribution in [0.4, 0.5) is 0 Å². The molecule has 0 aliphatic rings. The number of rotatable bonds is 4. The number of nitrogens with zero attached hydrogens (tertiary/aromatic N) is 3. The van der Waals surface area contributed by atoms with Crippen LogP contribution in [0.15, 0.2) is 87.3 Å². The molecule has 0 radical (unpaired) electrons. The van der Waals surface area contributed by atoms with Crippen molar-refractivity contribution in [1.29, 1.82) is 0 Å². The molecular formula is C25H18N4O5. The first-order valence-electron chi connectivity index (χ1n) is 10.4. The number of para-hydroxylation sites is 1. The Bertz CT molecular complexity index is 1750. The van der Waals surface area contributed by atoms with Crippen molar-refractivity contribution in [1.82, 2.24) is 18.9 Å². The number of fused-ring (bicyclic) bond motifs is 2. The van der Waals surface area contributed by atoms with Gasteiger partial charge in [-0.3, -0.25) is 14.0 Å². The zero-order valence-corrected chi connectivity index (χ0v) is 18.0. The largest absolute Gasteiger partial charge is 0.456 e. The van der Waals surface area contributed by atoms with Crippen molar-refractivity contribution in [3.05, 3.63) is 121 Å². The summed E-state index contributed by atoms with van der Waals surface area (Å²) in [5.74, 6) is -0.680. The molecule has 5 aromatic rings. The van der Waals surface area contributed by atoms with E-state index in [-0.39, 0.29) is 28.6 Å². The van der Waals surface area contributed by atoms with E-state index >= 15 is 0 Å². The predicted octanol–water partition coefficient (Wildman–Crippen LogP) is 2.35. The number of aryl methyl sites for hydroxylation is 1. The van der Waals surface area contributed by atoms with Gasteiger partial charge in [-0.25, -0.2) is 19.1 Å². The second-order valence-corrected chi connectivity index (χ2v) is 7.76. The van der Waals surface area contributed by atoms with Crippen molar-refractivity contribution in [3.8, 4) is 5.69 Å². The molecule has 1 N–H and O–H groups in total. The van der Waals surface area contributed by atoms with Gasteiger partial charge in [-0.15, -0.1) is 0 Å². The zero-order valence-electron chi connectivity index (χ0n) is 18.0. The highest BCUT2D eigenvalue weighted by Gasteiger charge is 2.14. The SMILES string of the molecule is Cc1ccc2nc(COC(=O)c3ccc4c(=O)n(-c5ccccc5)c(=O)[nH]c4c3)cc(=O)n2c1. The Hall–Kier alpha value is -4.79. The molecule has 0 fully saturated rings. The third-order valence-corrected chi connectivity index (χ3v) is 5.36. The number of esters is 1. The lowest BCUT2D eigenvalue weighted by molar-refractivity contribution is 0.0468. The van der Waals surface area contributed by atoms with Crippen LogP contribution < -0.4 is 16.8 Å². The number of carbonyl (C=O) groups excluding carboxylic acids is 1. The molecule has 0 amide bonds. The van der Waals surface area contributed by atoms with Gasteiger partial charge in [0.05, 0.1) is 27.8 Å². The summed E-state index contributed by atoms with van der Waals surface area (Å²) in [4.78, 5) is 57.4. The van der Waals surface area contributed by atoms with Crippen molar-refractivity contribution >= 4 is 22.5 Å². The molecule has 9 heteroatoms. The fourth-order valence-electron chi connectivity index (χ4n) is 3.71. The molecule has 0 atom stereocenters. The first kappa shape index (κ1) is 21.1. The topological polar surface area (TPSA) is 116 Å². The van der Waals surface area contributed by atoms with Crippen LogP contribution in [0.5, 0.6) is 0 Å². The fraction of sp³-hybridized carbons (Fsp3) is 0.0800. The number of hydrogen-bond donors (Lipinski definition) is 1. The van der Waals surface area contributed by atoms with Gasteiger partial charge in [-0.2, -0.15) is 0 Å².